The first-order valence-corrected chi connectivity index (χ1v) is 8.16. The molecule has 0 fully saturated rings. The van der Waals surface area contributed by atoms with Crippen molar-refractivity contribution >= 4 is 22.6 Å². The molecule has 0 N–H and O–H groups in total. The summed E-state index contributed by atoms with van der Waals surface area (Å²) in [6, 6.07) is 0. The summed E-state index contributed by atoms with van der Waals surface area (Å²) in [6.45, 7) is 15.9. The fourth-order valence-electron chi connectivity index (χ4n) is 0.752. The lowest BCUT2D eigenvalue weighted by molar-refractivity contribution is 0.157. The minimum absolute atomic E-state index is 0.437. The first-order valence-electron chi connectivity index (χ1n) is 6.92. The van der Waals surface area contributed by atoms with Crippen molar-refractivity contribution in [2.24, 2.45) is 10.8 Å². The zero-order chi connectivity index (χ0) is 13.9. The predicted octanol–water partition coefficient (Wildman–Crippen LogP) is 6.98. The van der Waals surface area contributed by atoms with Gasteiger partial charge in [0.25, 0.3) is 0 Å². The second kappa shape index (κ2) is 10.4. The van der Waals surface area contributed by atoms with Gasteiger partial charge in [0.15, 0.2) is 0 Å². The third kappa shape index (κ3) is 14.4. The van der Waals surface area contributed by atoms with Crippen molar-refractivity contribution in [1.82, 2.24) is 0 Å². The summed E-state index contributed by atoms with van der Waals surface area (Å²) < 4.78 is 2.10. The molecule has 0 bridgehead atoms. The maximum absolute atomic E-state index is 2.27. The minimum atomic E-state index is 0.437. The Morgan fingerprint density at radius 1 is 0.824 bits per heavy atom. The van der Waals surface area contributed by atoms with E-state index in [1.54, 1.807) is 0 Å². The van der Waals surface area contributed by atoms with Crippen LogP contribution < -0.4 is 0 Å². The van der Waals surface area contributed by atoms with E-state index in [1.807, 2.05) is 0 Å². The third-order valence-corrected chi connectivity index (χ3v) is 4.07. The van der Waals surface area contributed by atoms with E-state index < -0.39 is 0 Å². The fourth-order valence-corrected chi connectivity index (χ4v) is 1.11. The standard InChI is InChI=1S/C8H15I.C8H18/c1-2-3-4-5-6-7-8-9;1-7(2,3)8(4,5)6/h7-8H,2-6H2,1H3;1-6H3/b8-7+;. The molecule has 1 heteroatoms. The second-order valence-electron chi connectivity index (χ2n) is 6.71. The van der Waals surface area contributed by atoms with Gasteiger partial charge in [0, 0.05) is 0 Å². The number of halogens is 1. The Balaban J connectivity index is 0. The molecule has 0 amide bonds. The second-order valence-corrected chi connectivity index (χ2v) is 7.43. The molecule has 0 aromatic carbocycles. The van der Waals surface area contributed by atoms with Crippen LogP contribution in [-0.4, -0.2) is 0 Å². The summed E-state index contributed by atoms with van der Waals surface area (Å²) in [5.41, 5.74) is 0.875. The normalized spacial score (nSPS) is 12.5. The molecule has 0 aromatic rings. The lowest BCUT2D eigenvalue weighted by Crippen LogP contribution is -2.25. The zero-order valence-electron chi connectivity index (χ0n) is 13.1. The Bertz CT molecular complexity index is 167. The van der Waals surface area contributed by atoms with Crippen LogP contribution in [0.3, 0.4) is 0 Å². The van der Waals surface area contributed by atoms with Crippen LogP contribution in [0.4, 0.5) is 0 Å². The Morgan fingerprint density at radius 3 is 1.59 bits per heavy atom. The van der Waals surface area contributed by atoms with E-state index in [0.717, 1.165) is 0 Å². The lowest BCUT2D eigenvalue weighted by Gasteiger charge is -2.34. The van der Waals surface area contributed by atoms with Gasteiger partial charge in [-0.05, 0) is 27.8 Å². The van der Waals surface area contributed by atoms with Gasteiger partial charge in [0.05, 0.1) is 0 Å². The molecule has 0 heterocycles. The minimum Gasteiger partial charge on any atom is -0.0785 e. The molecule has 0 rings (SSSR count). The number of hydrogen-bond acceptors (Lipinski definition) is 0. The molecular weight excluding hydrogens is 319 g/mol. The van der Waals surface area contributed by atoms with E-state index in [9.17, 15) is 0 Å². The van der Waals surface area contributed by atoms with Gasteiger partial charge >= 0.3 is 0 Å². The van der Waals surface area contributed by atoms with Gasteiger partial charge in [-0.2, -0.15) is 0 Å². The van der Waals surface area contributed by atoms with Gasteiger partial charge in [-0.1, -0.05) is 96.4 Å². The Kier molecular flexibility index (Phi) is 12.1. The first-order chi connectivity index (χ1) is 7.66. The molecule has 0 nitrogen and oxygen atoms in total. The van der Waals surface area contributed by atoms with Gasteiger partial charge in [-0.3, -0.25) is 0 Å². The molecule has 0 atom stereocenters. The molecule has 17 heavy (non-hydrogen) atoms. The van der Waals surface area contributed by atoms with E-state index >= 15 is 0 Å². The van der Waals surface area contributed by atoms with Crippen molar-refractivity contribution in [3.8, 4) is 0 Å². The molecule has 0 aliphatic heterocycles. The van der Waals surface area contributed by atoms with Gasteiger partial charge in [-0.15, -0.1) is 0 Å². The molecule has 0 aliphatic carbocycles. The first kappa shape index (κ1) is 19.8. The van der Waals surface area contributed by atoms with Crippen LogP contribution >= 0.6 is 22.6 Å². The van der Waals surface area contributed by atoms with Crippen molar-refractivity contribution in [2.45, 2.75) is 80.6 Å². The topological polar surface area (TPSA) is 0 Å². The Labute approximate surface area is 124 Å². The van der Waals surface area contributed by atoms with Crippen molar-refractivity contribution in [3.63, 3.8) is 0 Å². The highest BCUT2D eigenvalue weighted by Gasteiger charge is 2.26. The molecule has 0 unspecified atom stereocenters. The molecule has 0 aliphatic rings. The van der Waals surface area contributed by atoms with Crippen molar-refractivity contribution in [2.75, 3.05) is 0 Å². The van der Waals surface area contributed by atoms with E-state index in [-0.39, 0.29) is 0 Å². The molecular formula is C16H33I. The summed E-state index contributed by atoms with van der Waals surface area (Å²) in [7, 11) is 0. The van der Waals surface area contributed by atoms with E-state index in [4.69, 9.17) is 0 Å². The van der Waals surface area contributed by atoms with Crippen LogP contribution in [-0.2, 0) is 0 Å². The molecule has 0 spiro atoms. The van der Waals surface area contributed by atoms with Crippen LogP contribution in [0.2, 0.25) is 0 Å². The zero-order valence-corrected chi connectivity index (χ0v) is 15.2. The maximum atomic E-state index is 2.27. The molecule has 0 saturated carbocycles. The summed E-state index contributed by atoms with van der Waals surface area (Å²) in [4.78, 5) is 0. The quantitative estimate of drug-likeness (QED) is 0.370. The van der Waals surface area contributed by atoms with Crippen LogP contribution in [0.1, 0.15) is 80.6 Å². The van der Waals surface area contributed by atoms with Crippen LogP contribution in [0.15, 0.2) is 10.2 Å². The van der Waals surface area contributed by atoms with Crippen molar-refractivity contribution < 1.29 is 0 Å². The number of allylic oxidation sites excluding steroid dienone is 1. The Hall–Kier alpha value is 0.470. The van der Waals surface area contributed by atoms with Crippen LogP contribution in [0.5, 0.6) is 0 Å². The third-order valence-electron chi connectivity index (χ3n) is 3.56. The largest absolute Gasteiger partial charge is 0.0785 e. The van der Waals surface area contributed by atoms with E-state index in [1.165, 1.54) is 32.1 Å². The van der Waals surface area contributed by atoms with Crippen LogP contribution in [0.25, 0.3) is 0 Å². The van der Waals surface area contributed by atoms with Gasteiger partial charge in [0.2, 0.25) is 0 Å². The van der Waals surface area contributed by atoms with E-state index in [2.05, 4.69) is 81.2 Å². The predicted molar refractivity (Wildman–Crippen MR) is 90.8 cm³/mol. The SMILES string of the molecule is CC(C)(C)C(C)(C)C.CCCCCC/C=C/I. The highest BCUT2D eigenvalue weighted by molar-refractivity contribution is 14.1. The Morgan fingerprint density at radius 2 is 1.29 bits per heavy atom. The molecule has 104 valence electrons. The average Bonchev–Trinajstić information content (AvgIpc) is 2.15. The number of hydrogen-bond donors (Lipinski definition) is 0. The summed E-state index contributed by atoms with van der Waals surface area (Å²) in [5, 5.41) is 0. The highest BCUT2D eigenvalue weighted by Crippen LogP contribution is 2.36. The molecule has 0 saturated heterocycles. The van der Waals surface area contributed by atoms with Gasteiger partial charge < -0.3 is 0 Å². The molecule has 0 radical (unpaired) electrons. The number of unbranched alkanes of at least 4 members (excludes halogenated alkanes) is 4. The number of rotatable bonds is 5. The summed E-state index contributed by atoms with van der Waals surface area (Å²) >= 11 is 2.27. The fraction of sp³-hybridized carbons (Fsp3) is 0.875. The smallest absolute Gasteiger partial charge is 0.0274 e. The molecule has 0 aromatic heterocycles. The summed E-state index contributed by atoms with van der Waals surface area (Å²) in [6.07, 6.45) is 9.01. The van der Waals surface area contributed by atoms with Gasteiger partial charge in [-0.25, -0.2) is 0 Å². The lowest BCUT2D eigenvalue weighted by atomic mass is 9.71. The van der Waals surface area contributed by atoms with Crippen molar-refractivity contribution in [1.29, 1.82) is 0 Å². The van der Waals surface area contributed by atoms with Gasteiger partial charge in [0.1, 0.15) is 0 Å². The maximum Gasteiger partial charge on any atom is -0.0274 e. The van der Waals surface area contributed by atoms with Crippen molar-refractivity contribution in [3.05, 3.63) is 10.2 Å². The average molecular weight is 352 g/mol. The van der Waals surface area contributed by atoms with Crippen LogP contribution in [0, 0.1) is 10.8 Å². The highest BCUT2D eigenvalue weighted by atomic mass is 127. The summed E-state index contributed by atoms with van der Waals surface area (Å²) in [5.74, 6) is 0. The monoisotopic (exact) mass is 352 g/mol. The van der Waals surface area contributed by atoms with E-state index in [0.29, 0.717) is 10.8 Å².